The Labute approximate surface area is 201 Å². The minimum absolute atomic E-state index is 0.0890. The average Bonchev–Trinajstić information content (AvgIpc) is 2.84. The van der Waals surface area contributed by atoms with E-state index in [-0.39, 0.29) is 24.7 Å². The van der Waals surface area contributed by atoms with Crippen LogP contribution in [0.2, 0.25) is 0 Å². The minimum Gasteiger partial charge on any atom is -0.481 e. The summed E-state index contributed by atoms with van der Waals surface area (Å²) in [6.45, 7) is 5.00. The van der Waals surface area contributed by atoms with Crippen LogP contribution in [0.15, 0.2) is 59.4 Å². The van der Waals surface area contributed by atoms with Gasteiger partial charge >= 0.3 is 11.9 Å². The van der Waals surface area contributed by atoms with E-state index in [1.807, 2.05) is 19.1 Å². The van der Waals surface area contributed by atoms with Gasteiger partial charge in [0, 0.05) is 5.69 Å². The molecular weight excluding hydrogens is 454 g/mol. The summed E-state index contributed by atoms with van der Waals surface area (Å²) in [7, 11) is 0. The molecule has 3 rings (SSSR count). The lowest BCUT2D eigenvalue weighted by molar-refractivity contribution is -0.118. The van der Waals surface area contributed by atoms with Crippen molar-refractivity contribution in [2.24, 2.45) is 0 Å². The number of esters is 2. The summed E-state index contributed by atoms with van der Waals surface area (Å²) in [5, 5.41) is 6.76. The van der Waals surface area contributed by atoms with Gasteiger partial charge in [0.25, 0.3) is 11.5 Å². The van der Waals surface area contributed by atoms with Crippen LogP contribution in [-0.4, -0.2) is 47.4 Å². The van der Waals surface area contributed by atoms with Gasteiger partial charge in [0.2, 0.25) is 5.69 Å². The fraction of sp³-hybridized carbons (Fsp3) is 0.240. The predicted molar refractivity (Wildman–Crippen MR) is 127 cm³/mol. The van der Waals surface area contributed by atoms with Gasteiger partial charge in [0.15, 0.2) is 12.4 Å². The molecule has 10 heteroatoms. The summed E-state index contributed by atoms with van der Waals surface area (Å²) in [6.07, 6.45) is 0. The van der Waals surface area contributed by atoms with Gasteiger partial charge in [-0.05, 0) is 56.7 Å². The number of para-hydroxylation sites is 1. The molecule has 0 aliphatic heterocycles. The van der Waals surface area contributed by atoms with E-state index in [0.717, 1.165) is 16.3 Å². The molecule has 182 valence electrons. The molecule has 1 aromatic heterocycles. The van der Waals surface area contributed by atoms with Crippen molar-refractivity contribution < 1.29 is 28.6 Å². The van der Waals surface area contributed by atoms with Crippen LogP contribution in [0.25, 0.3) is 5.69 Å². The number of aryl methyl sites for hydroxylation is 1. The Morgan fingerprint density at radius 2 is 1.60 bits per heavy atom. The number of anilines is 1. The molecule has 0 spiro atoms. The van der Waals surface area contributed by atoms with Gasteiger partial charge in [-0.25, -0.2) is 9.59 Å². The lowest BCUT2D eigenvalue weighted by Gasteiger charge is -2.13. The SMILES string of the molecule is CCOC(=O)c1ccc(NC(=O)COc2cc(=O)n(-c3ccccc3C)nc2C(=O)OCC)cc1. The zero-order valence-electron chi connectivity index (χ0n) is 19.6. The van der Waals surface area contributed by atoms with Gasteiger partial charge in [0.05, 0.1) is 30.5 Å². The highest BCUT2D eigenvalue weighted by Crippen LogP contribution is 2.18. The van der Waals surface area contributed by atoms with Crippen molar-refractivity contribution in [2.45, 2.75) is 20.8 Å². The molecule has 1 amide bonds. The number of hydrogen-bond donors (Lipinski definition) is 1. The van der Waals surface area contributed by atoms with E-state index in [1.165, 1.54) is 12.1 Å². The predicted octanol–water partition coefficient (Wildman–Crippen LogP) is 2.91. The topological polar surface area (TPSA) is 126 Å². The molecule has 0 atom stereocenters. The van der Waals surface area contributed by atoms with Gasteiger partial charge in [0.1, 0.15) is 0 Å². The molecule has 0 saturated heterocycles. The number of carbonyl (C=O) groups is 3. The Bertz CT molecular complexity index is 1280. The molecule has 1 heterocycles. The van der Waals surface area contributed by atoms with E-state index >= 15 is 0 Å². The van der Waals surface area contributed by atoms with E-state index in [1.54, 1.807) is 38.1 Å². The Hall–Kier alpha value is -4.47. The van der Waals surface area contributed by atoms with Gasteiger partial charge in [-0.2, -0.15) is 9.78 Å². The quantitative estimate of drug-likeness (QED) is 0.465. The summed E-state index contributed by atoms with van der Waals surface area (Å²) in [5.41, 5.74) is 1.27. The fourth-order valence-electron chi connectivity index (χ4n) is 3.11. The maximum absolute atomic E-state index is 12.7. The smallest absolute Gasteiger partial charge is 0.362 e. The van der Waals surface area contributed by atoms with Gasteiger partial charge < -0.3 is 19.5 Å². The molecule has 0 saturated carbocycles. The Balaban J connectivity index is 1.77. The number of nitrogens with zero attached hydrogens (tertiary/aromatic N) is 2. The Kier molecular flexibility index (Phi) is 8.33. The lowest BCUT2D eigenvalue weighted by Crippen LogP contribution is -2.27. The van der Waals surface area contributed by atoms with Crippen LogP contribution in [0.5, 0.6) is 5.75 Å². The van der Waals surface area contributed by atoms with E-state index in [9.17, 15) is 19.2 Å². The molecule has 0 radical (unpaired) electrons. The fourth-order valence-corrected chi connectivity index (χ4v) is 3.11. The summed E-state index contributed by atoms with van der Waals surface area (Å²) in [5.74, 6) is -1.98. The molecular formula is C25H25N3O7. The molecule has 1 N–H and O–H groups in total. The normalized spacial score (nSPS) is 10.4. The van der Waals surface area contributed by atoms with Crippen molar-refractivity contribution in [1.82, 2.24) is 9.78 Å². The first kappa shape index (κ1) is 25.2. The summed E-state index contributed by atoms with van der Waals surface area (Å²) in [4.78, 5) is 49.3. The summed E-state index contributed by atoms with van der Waals surface area (Å²) >= 11 is 0. The van der Waals surface area contributed by atoms with Gasteiger partial charge in [-0.1, -0.05) is 18.2 Å². The van der Waals surface area contributed by atoms with Crippen molar-refractivity contribution in [2.75, 3.05) is 25.1 Å². The lowest BCUT2D eigenvalue weighted by atomic mass is 10.2. The number of carbonyl (C=O) groups excluding carboxylic acids is 3. The van der Waals surface area contributed by atoms with Gasteiger partial charge in [-0.3, -0.25) is 9.59 Å². The van der Waals surface area contributed by atoms with E-state index in [4.69, 9.17) is 14.2 Å². The maximum atomic E-state index is 12.7. The zero-order chi connectivity index (χ0) is 25.4. The third kappa shape index (κ3) is 6.32. The Morgan fingerprint density at radius 3 is 2.26 bits per heavy atom. The largest absolute Gasteiger partial charge is 0.481 e. The van der Waals surface area contributed by atoms with Gasteiger partial charge in [-0.15, -0.1) is 0 Å². The number of aromatic nitrogens is 2. The standard InChI is InChI=1S/C25H25N3O7/c1-4-33-24(31)17-10-12-18(13-11-17)26-21(29)15-35-20-14-22(30)28(19-9-7-6-8-16(19)3)27-23(20)25(32)34-5-2/h6-14H,4-5,15H2,1-3H3,(H,26,29). The van der Waals surface area contributed by atoms with Crippen molar-refractivity contribution in [3.05, 3.63) is 81.8 Å². The first-order valence-corrected chi connectivity index (χ1v) is 10.9. The van der Waals surface area contributed by atoms with E-state index in [2.05, 4.69) is 10.4 Å². The number of hydrogen-bond acceptors (Lipinski definition) is 8. The van der Waals surface area contributed by atoms with Crippen LogP contribution in [0, 0.1) is 6.92 Å². The average molecular weight is 479 g/mol. The van der Waals surface area contributed by atoms with Crippen molar-refractivity contribution in [3.8, 4) is 11.4 Å². The number of amides is 1. The highest BCUT2D eigenvalue weighted by molar-refractivity contribution is 5.94. The zero-order valence-corrected chi connectivity index (χ0v) is 19.6. The third-order valence-corrected chi connectivity index (χ3v) is 4.75. The summed E-state index contributed by atoms with van der Waals surface area (Å²) in [6, 6.07) is 14.3. The third-order valence-electron chi connectivity index (χ3n) is 4.75. The molecule has 0 aliphatic carbocycles. The number of benzene rings is 2. The van der Waals surface area contributed by atoms with Crippen LogP contribution in [0.4, 0.5) is 5.69 Å². The molecule has 2 aromatic carbocycles. The molecule has 0 bridgehead atoms. The molecule has 10 nitrogen and oxygen atoms in total. The van der Waals surface area contributed by atoms with Crippen molar-refractivity contribution in [3.63, 3.8) is 0 Å². The van der Waals surface area contributed by atoms with Crippen LogP contribution in [0.1, 0.15) is 40.3 Å². The molecule has 0 unspecified atom stereocenters. The first-order chi connectivity index (χ1) is 16.8. The van der Waals surface area contributed by atoms with E-state index in [0.29, 0.717) is 16.9 Å². The highest BCUT2D eigenvalue weighted by atomic mass is 16.5. The van der Waals surface area contributed by atoms with Crippen LogP contribution in [-0.2, 0) is 14.3 Å². The Morgan fingerprint density at radius 1 is 0.943 bits per heavy atom. The van der Waals surface area contributed by atoms with Crippen molar-refractivity contribution in [1.29, 1.82) is 0 Å². The van der Waals surface area contributed by atoms with Crippen molar-refractivity contribution >= 4 is 23.5 Å². The first-order valence-electron chi connectivity index (χ1n) is 10.9. The molecule has 35 heavy (non-hydrogen) atoms. The molecule has 0 aliphatic rings. The number of rotatable bonds is 9. The monoisotopic (exact) mass is 479 g/mol. The van der Waals surface area contributed by atoms with Crippen LogP contribution >= 0.6 is 0 Å². The van der Waals surface area contributed by atoms with E-state index < -0.39 is 30.0 Å². The molecule has 3 aromatic rings. The second kappa shape index (κ2) is 11.6. The maximum Gasteiger partial charge on any atom is 0.362 e. The number of ether oxygens (including phenoxy) is 3. The second-order valence-corrected chi connectivity index (χ2v) is 7.25. The molecule has 0 fully saturated rings. The van der Waals surface area contributed by atoms with Crippen LogP contribution in [0.3, 0.4) is 0 Å². The minimum atomic E-state index is -0.792. The summed E-state index contributed by atoms with van der Waals surface area (Å²) < 4.78 is 16.5. The highest BCUT2D eigenvalue weighted by Gasteiger charge is 2.21. The number of nitrogens with one attached hydrogen (secondary N) is 1. The second-order valence-electron chi connectivity index (χ2n) is 7.25. The van der Waals surface area contributed by atoms with Crippen LogP contribution < -0.4 is 15.6 Å².